The number of rotatable bonds is 19. The molecule has 2 aromatic heterocycles. The molecule has 6 amide bonds. The molecule has 2 fully saturated rings. The van der Waals surface area contributed by atoms with Crippen LogP contribution in [0.4, 0.5) is 15.8 Å². The van der Waals surface area contributed by atoms with Gasteiger partial charge >= 0.3 is 0 Å². The van der Waals surface area contributed by atoms with Crippen LogP contribution in [0.1, 0.15) is 94.0 Å². The molecule has 0 aliphatic carbocycles. The van der Waals surface area contributed by atoms with E-state index in [2.05, 4.69) is 36.1 Å². The van der Waals surface area contributed by atoms with Crippen molar-refractivity contribution in [1.82, 2.24) is 45.2 Å². The fourth-order valence-electron chi connectivity index (χ4n) is 8.37. The number of carbonyl (C=O) groups excluding carboxylic acids is 6. The summed E-state index contributed by atoms with van der Waals surface area (Å²) in [4.78, 5) is 88.9. The summed E-state index contributed by atoms with van der Waals surface area (Å²) in [7, 11) is 1.87. The molecule has 5 heterocycles. The predicted molar refractivity (Wildman–Crippen MR) is 245 cm³/mol. The number of anilines is 2. The van der Waals surface area contributed by atoms with Crippen molar-refractivity contribution in [2.45, 2.75) is 64.1 Å². The van der Waals surface area contributed by atoms with Crippen LogP contribution < -0.4 is 25.6 Å². The Labute approximate surface area is 391 Å². The van der Waals surface area contributed by atoms with Gasteiger partial charge in [-0.3, -0.25) is 39.0 Å². The Morgan fingerprint density at radius 3 is 2.43 bits per heavy atom. The van der Waals surface area contributed by atoms with Gasteiger partial charge in [-0.25, -0.2) is 14.4 Å². The molecular formula is C48H52FN11O8. The van der Waals surface area contributed by atoms with Gasteiger partial charge in [0.15, 0.2) is 11.6 Å². The van der Waals surface area contributed by atoms with Crippen LogP contribution in [0.25, 0.3) is 11.5 Å². The number of benzene rings is 3. The minimum absolute atomic E-state index is 0.00432. The van der Waals surface area contributed by atoms with Crippen LogP contribution in [-0.2, 0) is 32.7 Å². The lowest BCUT2D eigenvalue weighted by atomic mass is 10.0. The lowest BCUT2D eigenvalue weighted by Crippen LogP contribution is -2.54. The second kappa shape index (κ2) is 21.3. The zero-order valence-corrected chi connectivity index (χ0v) is 37.8. The lowest BCUT2D eigenvalue weighted by molar-refractivity contribution is -0.137. The van der Waals surface area contributed by atoms with Crippen molar-refractivity contribution in [3.63, 3.8) is 0 Å². The van der Waals surface area contributed by atoms with Gasteiger partial charge in [0, 0.05) is 63.7 Å². The molecule has 20 heteroatoms. The number of hydrogen-bond acceptors (Lipinski definition) is 14. The summed E-state index contributed by atoms with van der Waals surface area (Å²) in [6.07, 6.45) is 6.52. The number of hydrogen-bond donors (Lipinski definition) is 3. The van der Waals surface area contributed by atoms with E-state index in [4.69, 9.17) is 9.47 Å². The average Bonchev–Trinajstić information content (AvgIpc) is 3.83. The van der Waals surface area contributed by atoms with Gasteiger partial charge < -0.3 is 34.5 Å². The molecule has 3 aromatic carbocycles. The van der Waals surface area contributed by atoms with Gasteiger partial charge in [0.05, 0.1) is 36.0 Å². The summed E-state index contributed by atoms with van der Waals surface area (Å²) in [6, 6.07) is 17.7. The Balaban J connectivity index is 0.696. The van der Waals surface area contributed by atoms with Gasteiger partial charge in [-0.15, -0.1) is 10.2 Å². The van der Waals surface area contributed by atoms with Crippen molar-refractivity contribution in [3.8, 4) is 17.3 Å². The highest BCUT2D eigenvalue weighted by Gasteiger charge is 2.45. The average molecular weight is 930 g/mol. The third-order valence-corrected chi connectivity index (χ3v) is 12.2. The van der Waals surface area contributed by atoms with Gasteiger partial charge in [-0.1, -0.05) is 24.6 Å². The maximum Gasteiger partial charge on any atom is 0.262 e. The maximum atomic E-state index is 15.3. The summed E-state index contributed by atoms with van der Waals surface area (Å²) in [5.41, 5.74) is 2.86. The SMILES string of the molecule is CC(NC(=O)c1cccc(NCc2nnc(-c3ccncn3)n2C)c1)c1cccc(OCCCCCCOCC(=O)N2CCN(c3cc4c(cc3F)C(=O)N(C3CCC(=O)NC3=O)C4=O)CC2)c1. The van der Waals surface area contributed by atoms with E-state index >= 15 is 4.39 Å². The Morgan fingerprint density at radius 2 is 1.66 bits per heavy atom. The molecule has 2 saturated heterocycles. The van der Waals surface area contributed by atoms with Crippen LogP contribution in [0.2, 0.25) is 0 Å². The fraction of sp³-hybridized carbons (Fsp3) is 0.375. The van der Waals surface area contributed by atoms with Crippen LogP contribution in [0.15, 0.2) is 79.3 Å². The number of nitrogens with zero attached hydrogens (tertiary/aromatic N) is 8. The normalized spacial score (nSPS) is 16.4. The second-order valence-corrected chi connectivity index (χ2v) is 16.8. The molecule has 19 nitrogen and oxygen atoms in total. The number of amides is 6. The molecule has 5 aromatic rings. The van der Waals surface area contributed by atoms with E-state index in [1.165, 1.54) is 12.4 Å². The minimum atomic E-state index is -1.14. The number of halogens is 1. The first kappa shape index (κ1) is 46.9. The number of piperidine rings is 1. The third kappa shape index (κ3) is 10.8. The number of carbonyl (C=O) groups is 6. The van der Waals surface area contributed by atoms with E-state index in [0.29, 0.717) is 74.6 Å². The molecule has 0 saturated carbocycles. The van der Waals surface area contributed by atoms with Gasteiger partial charge in [-0.2, -0.15) is 0 Å². The van der Waals surface area contributed by atoms with Crippen molar-refractivity contribution >= 4 is 46.8 Å². The summed E-state index contributed by atoms with van der Waals surface area (Å²) in [6.45, 7) is 4.45. The molecular weight excluding hydrogens is 878 g/mol. The summed E-state index contributed by atoms with van der Waals surface area (Å²) >= 11 is 0. The van der Waals surface area contributed by atoms with Gasteiger partial charge in [0.2, 0.25) is 17.7 Å². The van der Waals surface area contributed by atoms with E-state index in [1.807, 2.05) is 54.9 Å². The van der Waals surface area contributed by atoms with E-state index in [-0.39, 0.29) is 54.1 Å². The Bertz CT molecular complexity index is 2690. The highest BCUT2D eigenvalue weighted by atomic mass is 19.1. The van der Waals surface area contributed by atoms with Crippen molar-refractivity contribution in [3.05, 3.63) is 113 Å². The summed E-state index contributed by atoms with van der Waals surface area (Å²) in [5.74, 6) is -1.72. The first-order valence-electron chi connectivity index (χ1n) is 22.6. The van der Waals surface area contributed by atoms with Gasteiger partial charge in [0.25, 0.3) is 17.7 Å². The number of unbranched alkanes of at least 4 members (excludes halogenated alkanes) is 3. The van der Waals surface area contributed by atoms with E-state index in [1.54, 1.807) is 34.2 Å². The second-order valence-electron chi connectivity index (χ2n) is 16.8. The number of fused-ring (bicyclic) bond motifs is 1. The molecule has 68 heavy (non-hydrogen) atoms. The largest absolute Gasteiger partial charge is 0.494 e. The van der Waals surface area contributed by atoms with Gasteiger partial charge in [0.1, 0.15) is 36.2 Å². The number of ether oxygens (including phenoxy) is 2. The minimum Gasteiger partial charge on any atom is -0.494 e. The standard InChI is InChI=1S/C48H52FN11O8/c1-30(53-45(63)32-10-7-11-33(23-32)51-27-41-55-56-44(57(41)2)38-15-16-50-29-52-38)31-9-8-12-34(24-31)68-22-6-4-3-5-21-67-28-43(62)59-19-17-58(18-20-59)40-26-36-35(25-37(40)49)47(65)60(48(36)66)39-13-14-42(61)54-46(39)64/h7-12,15-16,23-26,29-30,39,51H,3-6,13-14,17-22,27-28H2,1-2H3,(H,53,63)(H,54,61,64). The van der Waals surface area contributed by atoms with Crippen LogP contribution in [0.5, 0.6) is 5.75 Å². The van der Waals surface area contributed by atoms with Crippen LogP contribution in [0, 0.1) is 5.82 Å². The quantitative estimate of drug-likeness (QED) is 0.0780. The molecule has 3 aliphatic heterocycles. The van der Waals surface area contributed by atoms with E-state index in [0.717, 1.165) is 47.9 Å². The molecule has 0 radical (unpaired) electrons. The summed E-state index contributed by atoms with van der Waals surface area (Å²) in [5, 5.41) is 17.1. The molecule has 0 bridgehead atoms. The molecule has 2 atom stereocenters. The molecule has 354 valence electrons. The molecule has 3 N–H and O–H groups in total. The van der Waals surface area contributed by atoms with Crippen molar-refractivity contribution < 1.29 is 42.6 Å². The third-order valence-electron chi connectivity index (χ3n) is 12.2. The van der Waals surface area contributed by atoms with E-state index in [9.17, 15) is 28.8 Å². The Hall–Kier alpha value is -7.61. The van der Waals surface area contributed by atoms with Crippen LogP contribution >= 0.6 is 0 Å². The Morgan fingerprint density at radius 1 is 0.897 bits per heavy atom. The molecule has 2 unspecified atom stereocenters. The number of piperazine rings is 1. The molecule has 0 spiro atoms. The monoisotopic (exact) mass is 929 g/mol. The van der Waals surface area contributed by atoms with E-state index < -0.39 is 35.5 Å². The number of aromatic nitrogens is 5. The van der Waals surface area contributed by atoms with Crippen LogP contribution in [0.3, 0.4) is 0 Å². The first-order chi connectivity index (χ1) is 32.9. The number of nitrogens with one attached hydrogen (secondary N) is 3. The van der Waals surface area contributed by atoms with Crippen molar-refractivity contribution in [2.75, 3.05) is 56.2 Å². The Kier molecular flexibility index (Phi) is 14.7. The zero-order chi connectivity index (χ0) is 47.7. The highest BCUT2D eigenvalue weighted by molar-refractivity contribution is 6.23. The number of imide groups is 2. The zero-order valence-electron chi connectivity index (χ0n) is 37.8. The fourth-order valence-corrected chi connectivity index (χ4v) is 8.37. The first-order valence-corrected chi connectivity index (χ1v) is 22.6. The lowest BCUT2D eigenvalue weighted by Gasteiger charge is -2.36. The maximum absolute atomic E-state index is 15.3. The van der Waals surface area contributed by atoms with Crippen LogP contribution in [-0.4, -0.2) is 122 Å². The predicted octanol–water partition coefficient (Wildman–Crippen LogP) is 4.22. The highest BCUT2D eigenvalue weighted by Crippen LogP contribution is 2.33. The topological polar surface area (TPSA) is 223 Å². The summed E-state index contributed by atoms with van der Waals surface area (Å²) < 4.78 is 28.9. The van der Waals surface area contributed by atoms with Crippen molar-refractivity contribution in [2.24, 2.45) is 7.05 Å². The van der Waals surface area contributed by atoms with Crippen molar-refractivity contribution in [1.29, 1.82) is 0 Å². The molecule has 3 aliphatic rings. The van der Waals surface area contributed by atoms with Gasteiger partial charge in [-0.05, 0) is 86.7 Å². The smallest absolute Gasteiger partial charge is 0.262 e. The molecule has 8 rings (SSSR count).